The molecule has 124 valence electrons. The third-order valence-electron chi connectivity index (χ3n) is 4.37. The van der Waals surface area contributed by atoms with Gasteiger partial charge >= 0.3 is 0 Å². The van der Waals surface area contributed by atoms with Crippen molar-refractivity contribution >= 4 is 11.4 Å². The molecule has 0 spiro atoms. The van der Waals surface area contributed by atoms with Gasteiger partial charge in [-0.25, -0.2) is 0 Å². The van der Waals surface area contributed by atoms with Gasteiger partial charge < -0.3 is 20.3 Å². The van der Waals surface area contributed by atoms with Crippen molar-refractivity contribution in [1.82, 2.24) is 14.7 Å². The number of ether oxygens (including phenoxy) is 1. The molecule has 0 bridgehead atoms. The van der Waals surface area contributed by atoms with Gasteiger partial charge in [0, 0.05) is 63.3 Å². The Morgan fingerprint density at radius 3 is 2.61 bits per heavy atom. The highest BCUT2D eigenvalue weighted by Gasteiger charge is 2.18. The molecule has 0 radical (unpaired) electrons. The fourth-order valence-corrected chi connectivity index (χ4v) is 2.87. The van der Waals surface area contributed by atoms with Crippen LogP contribution in [0.25, 0.3) is 0 Å². The van der Waals surface area contributed by atoms with Crippen molar-refractivity contribution in [3.05, 3.63) is 36.2 Å². The minimum Gasteiger partial charge on any atom is -0.491 e. The number of nitrogens with zero attached hydrogens (tertiary/aromatic N) is 4. The van der Waals surface area contributed by atoms with Crippen LogP contribution in [-0.2, 0) is 13.5 Å². The first kappa shape index (κ1) is 15.7. The molecule has 3 rings (SSSR count). The summed E-state index contributed by atoms with van der Waals surface area (Å²) < 4.78 is 7.93. The van der Waals surface area contributed by atoms with Gasteiger partial charge in [0.15, 0.2) is 0 Å². The summed E-state index contributed by atoms with van der Waals surface area (Å²) >= 11 is 0. The van der Waals surface area contributed by atoms with Gasteiger partial charge in [0.1, 0.15) is 5.75 Å². The Labute approximate surface area is 137 Å². The van der Waals surface area contributed by atoms with E-state index in [0.29, 0.717) is 6.61 Å². The number of nitrogen functional groups attached to an aromatic ring is 1. The van der Waals surface area contributed by atoms with Crippen LogP contribution in [-0.4, -0.2) is 54.5 Å². The van der Waals surface area contributed by atoms with E-state index in [1.807, 2.05) is 36.1 Å². The molecule has 23 heavy (non-hydrogen) atoms. The lowest BCUT2D eigenvalue weighted by molar-refractivity contribution is 0.302. The third-order valence-corrected chi connectivity index (χ3v) is 4.37. The summed E-state index contributed by atoms with van der Waals surface area (Å²) in [5.41, 5.74) is 8.98. The van der Waals surface area contributed by atoms with Crippen molar-refractivity contribution in [3.8, 4) is 5.75 Å². The second kappa shape index (κ2) is 6.91. The standard InChI is InChI=1S/C17H25N5O/c1-20-8-10-22(11-9-20)16-4-3-14(18)13-17(16)23-12-6-15-5-7-19-21(15)2/h3-5,7,13H,6,8-12,18H2,1-2H3. The molecule has 1 aromatic carbocycles. The topological polar surface area (TPSA) is 59.6 Å². The van der Waals surface area contributed by atoms with Crippen molar-refractivity contribution in [2.45, 2.75) is 6.42 Å². The minimum absolute atomic E-state index is 0.615. The van der Waals surface area contributed by atoms with E-state index < -0.39 is 0 Å². The number of anilines is 2. The first-order valence-electron chi connectivity index (χ1n) is 8.06. The fourth-order valence-electron chi connectivity index (χ4n) is 2.87. The molecular formula is C17H25N5O. The number of likely N-dealkylation sites (N-methyl/N-ethyl adjacent to an activating group) is 1. The smallest absolute Gasteiger partial charge is 0.144 e. The van der Waals surface area contributed by atoms with Crippen molar-refractivity contribution < 1.29 is 4.74 Å². The van der Waals surface area contributed by atoms with Crippen LogP contribution < -0.4 is 15.4 Å². The minimum atomic E-state index is 0.615. The number of benzene rings is 1. The highest BCUT2D eigenvalue weighted by Crippen LogP contribution is 2.31. The lowest BCUT2D eigenvalue weighted by Gasteiger charge is -2.35. The summed E-state index contributed by atoms with van der Waals surface area (Å²) in [6.45, 7) is 4.78. The SMILES string of the molecule is CN1CCN(c2ccc(N)cc2OCCc2ccnn2C)CC1. The number of aryl methyl sites for hydroxylation is 1. The molecule has 0 atom stereocenters. The highest BCUT2D eigenvalue weighted by molar-refractivity contribution is 5.64. The highest BCUT2D eigenvalue weighted by atomic mass is 16.5. The molecule has 6 heteroatoms. The van der Waals surface area contributed by atoms with Gasteiger partial charge in [-0.15, -0.1) is 0 Å². The Balaban J connectivity index is 1.68. The van der Waals surface area contributed by atoms with Crippen molar-refractivity contribution in [2.24, 2.45) is 7.05 Å². The number of hydrogen-bond acceptors (Lipinski definition) is 5. The summed E-state index contributed by atoms with van der Waals surface area (Å²) in [7, 11) is 4.11. The molecule has 2 N–H and O–H groups in total. The maximum Gasteiger partial charge on any atom is 0.144 e. The average Bonchev–Trinajstić information content (AvgIpc) is 2.94. The van der Waals surface area contributed by atoms with Gasteiger partial charge in [0.05, 0.1) is 12.3 Å². The first-order chi connectivity index (χ1) is 11.1. The van der Waals surface area contributed by atoms with Crippen LogP contribution in [0.2, 0.25) is 0 Å². The van der Waals surface area contributed by atoms with Crippen molar-refractivity contribution in [3.63, 3.8) is 0 Å². The predicted octanol–water partition coefficient (Wildman–Crippen LogP) is 1.38. The van der Waals surface area contributed by atoms with Crippen LogP contribution in [0.1, 0.15) is 5.69 Å². The fraction of sp³-hybridized carbons (Fsp3) is 0.471. The molecule has 0 unspecified atom stereocenters. The molecule has 0 amide bonds. The normalized spacial score (nSPS) is 15.8. The van der Waals surface area contributed by atoms with E-state index >= 15 is 0 Å². The Bertz CT molecular complexity index is 646. The predicted molar refractivity (Wildman–Crippen MR) is 93.0 cm³/mol. The van der Waals surface area contributed by atoms with Crippen molar-refractivity contribution in [1.29, 1.82) is 0 Å². The van der Waals surface area contributed by atoms with Crippen LogP contribution in [0.4, 0.5) is 11.4 Å². The number of aromatic nitrogens is 2. The van der Waals surface area contributed by atoms with Crippen LogP contribution in [0.3, 0.4) is 0 Å². The Morgan fingerprint density at radius 2 is 1.91 bits per heavy atom. The maximum atomic E-state index is 6.05. The average molecular weight is 315 g/mol. The summed E-state index contributed by atoms with van der Waals surface area (Å²) in [6.07, 6.45) is 2.64. The number of hydrogen-bond donors (Lipinski definition) is 1. The Hall–Kier alpha value is -2.21. The van der Waals surface area contributed by atoms with E-state index in [2.05, 4.69) is 28.0 Å². The van der Waals surface area contributed by atoms with Gasteiger partial charge in [0.25, 0.3) is 0 Å². The van der Waals surface area contributed by atoms with Crippen LogP contribution >= 0.6 is 0 Å². The van der Waals surface area contributed by atoms with E-state index in [0.717, 1.165) is 55.4 Å². The molecule has 0 aliphatic carbocycles. The van der Waals surface area contributed by atoms with E-state index in [4.69, 9.17) is 10.5 Å². The molecule has 1 aromatic heterocycles. The Kier molecular flexibility index (Phi) is 4.71. The molecule has 1 fully saturated rings. The zero-order valence-corrected chi connectivity index (χ0v) is 13.9. The number of piperazine rings is 1. The summed E-state index contributed by atoms with van der Waals surface area (Å²) in [4.78, 5) is 4.72. The molecule has 1 saturated heterocycles. The monoisotopic (exact) mass is 315 g/mol. The second-order valence-corrected chi connectivity index (χ2v) is 6.06. The molecule has 1 aliphatic heterocycles. The summed E-state index contributed by atoms with van der Waals surface area (Å²) in [5, 5.41) is 4.18. The van der Waals surface area contributed by atoms with Crippen LogP contribution in [0.15, 0.2) is 30.5 Å². The quantitative estimate of drug-likeness (QED) is 0.845. The molecule has 1 aliphatic rings. The van der Waals surface area contributed by atoms with Gasteiger partial charge in [-0.1, -0.05) is 0 Å². The summed E-state index contributed by atoms with van der Waals surface area (Å²) in [6, 6.07) is 7.96. The van der Waals surface area contributed by atoms with E-state index in [9.17, 15) is 0 Å². The van der Waals surface area contributed by atoms with E-state index in [1.54, 1.807) is 0 Å². The Morgan fingerprint density at radius 1 is 1.13 bits per heavy atom. The van der Waals surface area contributed by atoms with E-state index in [-0.39, 0.29) is 0 Å². The van der Waals surface area contributed by atoms with Crippen LogP contribution in [0.5, 0.6) is 5.75 Å². The van der Waals surface area contributed by atoms with Gasteiger partial charge in [-0.3, -0.25) is 4.68 Å². The second-order valence-electron chi connectivity index (χ2n) is 6.06. The summed E-state index contributed by atoms with van der Waals surface area (Å²) in [5.74, 6) is 0.872. The first-order valence-corrected chi connectivity index (χ1v) is 8.06. The molecule has 6 nitrogen and oxygen atoms in total. The lowest BCUT2D eigenvalue weighted by Crippen LogP contribution is -2.44. The van der Waals surface area contributed by atoms with Gasteiger partial charge in [-0.2, -0.15) is 5.10 Å². The largest absolute Gasteiger partial charge is 0.491 e. The van der Waals surface area contributed by atoms with Crippen molar-refractivity contribution in [2.75, 3.05) is 50.5 Å². The lowest BCUT2D eigenvalue weighted by atomic mass is 10.2. The maximum absolute atomic E-state index is 6.05. The molecular weight excluding hydrogens is 290 g/mol. The molecule has 2 heterocycles. The number of nitrogens with two attached hydrogens (primary N) is 1. The van der Waals surface area contributed by atoms with Crippen LogP contribution in [0, 0.1) is 0 Å². The van der Waals surface area contributed by atoms with Gasteiger partial charge in [-0.05, 0) is 25.2 Å². The molecule has 0 saturated carbocycles. The number of rotatable bonds is 5. The van der Waals surface area contributed by atoms with Gasteiger partial charge in [0.2, 0.25) is 0 Å². The third kappa shape index (κ3) is 3.76. The zero-order chi connectivity index (χ0) is 16.2. The zero-order valence-electron chi connectivity index (χ0n) is 13.9. The van der Waals surface area contributed by atoms with E-state index in [1.165, 1.54) is 0 Å². The molecule has 2 aromatic rings.